The van der Waals surface area contributed by atoms with Crippen LogP contribution >= 0.6 is 0 Å². The first-order valence-electron chi connectivity index (χ1n) is 6.39. The monoisotopic (exact) mass is 256 g/mol. The standard InChI is InChI=1S/C14H16N4O/c15-12-4-2-1-3-10(12)9-18(11-5-6-11)13-14(19)17-8-7-16-13/h1-4,7-8,11H,5-6,9,15H2,(H,17,19). The molecular formula is C14H16N4O. The Kier molecular flexibility index (Phi) is 2.95. The van der Waals surface area contributed by atoms with Gasteiger partial charge in [-0.05, 0) is 24.5 Å². The molecule has 1 fully saturated rings. The molecule has 1 heterocycles. The number of aromatic amines is 1. The molecule has 0 radical (unpaired) electrons. The van der Waals surface area contributed by atoms with Crippen molar-refractivity contribution >= 4 is 11.5 Å². The number of para-hydroxylation sites is 1. The molecule has 2 aromatic rings. The number of H-pyrrole nitrogens is 1. The van der Waals surface area contributed by atoms with Gasteiger partial charge in [0.05, 0.1) is 0 Å². The van der Waals surface area contributed by atoms with Gasteiger partial charge in [-0.2, -0.15) is 0 Å². The SMILES string of the molecule is Nc1ccccc1CN(c1ncc[nH]c1=O)C1CC1. The van der Waals surface area contributed by atoms with Gasteiger partial charge in [0.2, 0.25) is 0 Å². The van der Waals surface area contributed by atoms with Crippen LogP contribution in [0.5, 0.6) is 0 Å². The van der Waals surface area contributed by atoms with Crippen LogP contribution in [0.2, 0.25) is 0 Å². The van der Waals surface area contributed by atoms with Gasteiger partial charge in [0.25, 0.3) is 5.56 Å². The number of nitrogen functional groups attached to an aromatic ring is 1. The van der Waals surface area contributed by atoms with E-state index in [1.807, 2.05) is 29.2 Å². The fourth-order valence-electron chi connectivity index (χ4n) is 2.17. The van der Waals surface area contributed by atoms with Crippen molar-refractivity contribution in [1.82, 2.24) is 9.97 Å². The maximum absolute atomic E-state index is 11.9. The summed E-state index contributed by atoms with van der Waals surface area (Å²) in [6, 6.07) is 8.13. The van der Waals surface area contributed by atoms with Crippen LogP contribution in [-0.4, -0.2) is 16.0 Å². The molecule has 0 saturated heterocycles. The highest BCUT2D eigenvalue weighted by Gasteiger charge is 2.31. The number of aromatic nitrogens is 2. The molecule has 1 saturated carbocycles. The number of hydrogen-bond donors (Lipinski definition) is 2. The Balaban J connectivity index is 1.93. The second-order valence-electron chi connectivity index (χ2n) is 4.80. The fourth-order valence-corrected chi connectivity index (χ4v) is 2.17. The highest BCUT2D eigenvalue weighted by Crippen LogP contribution is 2.31. The predicted octanol–water partition coefficient (Wildman–Crippen LogP) is 1.52. The minimum absolute atomic E-state index is 0.149. The van der Waals surface area contributed by atoms with E-state index in [0.717, 1.165) is 24.1 Å². The zero-order chi connectivity index (χ0) is 13.2. The normalized spacial score (nSPS) is 14.3. The van der Waals surface area contributed by atoms with Gasteiger partial charge in [-0.3, -0.25) is 4.79 Å². The number of hydrogen-bond acceptors (Lipinski definition) is 4. The molecule has 3 N–H and O–H groups in total. The first kappa shape index (κ1) is 11.8. The van der Waals surface area contributed by atoms with Crippen molar-refractivity contribution < 1.29 is 0 Å². The third kappa shape index (κ3) is 2.45. The fraction of sp³-hybridized carbons (Fsp3) is 0.286. The average molecular weight is 256 g/mol. The second kappa shape index (κ2) is 4.76. The van der Waals surface area contributed by atoms with Gasteiger partial charge in [-0.15, -0.1) is 0 Å². The predicted molar refractivity (Wildman–Crippen MR) is 74.9 cm³/mol. The Morgan fingerprint density at radius 1 is 1.37 bits per heavy atom. The van der Waals surface area contributed by atoms with Crippen LogP contribution in [0.25, 0.3) is 0 Å². The lowest BCUT2D eigenvalue weighted by Gasteiger charge is -2.23. The van der Waals surface area contributed by atoms with Crippen molar-refractivity contribution in [1.29, 1.82) is 0 Å². The van der Waals surface area contributed by atoms with Crippen LogP contribution in [0, 0.1) is 0 Å². The summed E-state index contributed by atoms with van der Waals surface area (Å²) in [4.78, 5) is 20.8. The Morgan fingerprint density at radius 3 is 2.84 bits per heavy atom. The van der Waals surface area contributed by atoms with Gasteiger partial charge < -0.3 is 15.6 Å². The third-order valence-corrected chi connectivity index (χ3v) is 3.34. The molecule has 0 aliphatic heterocycles. The van der Waals surface area contributed by atoms with Gasteiger partial charge in [0.15, 0.2) is 5.82 Å². The van der Waals surface area contributed by atoms with Gasteiger partial charge in [0, 0.05) is 30.7 Å². The zero-order valence-electron chi connectivity index (χ0n) is 10.5. The maximum Gasteiger partial charge on any atom is 0.290 e. The molecule has 0 unspecified atom stereocenters. The molecule has 19 heavy (non-hydrogen) atoms. The van der Waals surface area contributed by atoms with Crippen molar-refractivity contribution in [3.63, 3.8) is 0 Å². The van der Waals surface area contributed by atoms with Gasteiger partial charge in [-0.1, -0.05) is 18.2 Å². The zero-order valence-corrected chi connectivity index (χ0v) is 10.5. The van der Waals surface area contributed by atoms with E-state index in [1.165, 1.54) is 0 Å². The Bertz CT molecular complexity index is 633. The van der Waals surface area contributed by atoms with Crippen molar-refractivity contribution in [2.24, 2.45) is 0 Å². The Hall–Kier alpha value is -2.30. The summed E-state index contributed by atoms with van der Waals surface area (Å²) in [6.45, 7) is 0.622. The maximum atomic E-state index is 11.9. The van der Waals surface area contributed by atoms with E-state index in [9.17, 15) is 4.79 Å². The van der Waals surface area contributed by atoms with Crippen molar-refractivity contribution in [2.75, 3.05) is 10.6 Å². The lowest BCUT2D eigenvalue weighted by Crippen LogP contribution is -2.31. The number of nitrogens with zero attached hydrogens (tertiary/aromatic N) is 2. The molecule has 0 amide bonds. The van der Waals surface area contributed by atoms with E-state index >= 15 is 0 Å². The van der Waals surface area contributed by atoms with E-state index in [-0.39, 0.29) is 5.56 Å². The van der Waals surface area contributed by atoms with Gasteiger partial charge in [0.1, 0.15) is 0 Å². The summed E-state index contributed by atoms with van der Waals surface area (Å²) < 4.78 is 0. The van der Waals surface area contributed by atoms with E-state index in [1.54, 1.807) is 12.4 Å². The van der Waals surface area contributed by atoms with Crippen molar-refractivity contribution in [3.05, 3.63) is 52.6 Å². The molecule has 1 aromatic carbocycles. The van der Waals surface area contributed by atoms with E-state index in [0.29, 0.717) is 18.4 Å². The van der Waals surface area contributed by atoms with Crippen LogP contribution < -0.4 is 16.2 Å². The van der Waals surface area contributed by atoms with Crippen LogP contribution in [-0.2, 0) is 6.54 Å². The first-order chi connectivity index (χ1) is 9.25. The minimum atomic E-state index is -0.149. The first-order valence-corrected chi connectivity index (χ1v) is 6.39. The Labute approximate surface area is 111 Å². The number of rotatable bonds is 4. The van der Waals surface area contributed by atoms with Gasteiger partial charge in [-0.25, -0.2) is 4.98 Å². The highest BCUT2D eigenvalue weighted by molar-refractivity contribution is 5.50. The molecule has 5 heteroatoms. The molecule has 1 aromatic heterocycles. The molecular weight excluding hydrogens is 240 g/mol. The van der Waals surface area contributed by atoms with Crippen LogP contribution in [0.4, 0.5) is 11.5 Å². The number of nitrogens with two attached hydrogens (primary N) is 1. The summed E-state index contributed by atoms with van der Waals surface area (Å²) in [5.74, 6) is 0.480. The quantitative estimate of drug-likeness (QED) is 0.813. The van der Waals surface area contributed by atoms with Gasteiger partial charge >= 0.3 is 0 Å². The third-order valence-electron chi connectivity index (χ3n) is 3.34. The second-order valence-corrected chi connectivity index (χ2v) is 4.80. The molecule has 3 rings (SSSR count). The largest absolute Gasteiger partial charge is 0.398 e. The molecule has 1 aliphatic carbocycles. The smallest absolute Gasteiger partial charge is 0.290 e. The molecule has 5 nitrogen and oxygen atoms in total. The van der Waals surface area contributed by atoms with Crippen LogP contribution in [0.1, 0.15) is 18.4 Å². The van der Waals surface area contributed by atoms with E-state index in [2.05, 4.69) is 9.97 Å². The van der Waals surface area contributed by atoms with E-state index in [4.69, 9.17) is 5.73 Å². The van der Waals surface area contributed by atoms with Crippen LogP contribution in [0.3, 0.4) is 0 Å². The number of benzene rings is 1. The molecule has 1 aliphatic rings. The lowest BCUT2D eigenvalue weighted by molar-refractivity contribution is 0.769. The summed E-state index contributed by atoms with van der Waals surface area (Å²) >= 11 is 0. The molecule has 98 valence electrons. The minimum Gasteiger partial charge on any atom is -0.398 e. The van der Waals surface area contributed by atoms with E-state index < -0.39 is 0 Å². The molecule has 0 atom stereocenters. The number of nitrogens with one attached hydrogen (secondary N) is 1. The average Bonchev–Trinajstić information content (AvgIpc) is 3.23. The Morgan fingerprint density at radius 2 is 2.16 bits per heavy atom. The summed E-state index contributed by atoms with van der Waals surface area (Å²) in [7, 11) is 0. The van der Waals surface area contributed by atoms with Crippen LogP contribution in [0.15, 0.2) is 41.5 Å². The summed E-state index contributed by atoms with van der Waals surface area (Å²) in [5, 5.41) is 0. The summed E-state index contributed by atoms with van der Waals surface area (Å²) in [6.07, 6.45) is 5.36. The molecule has 0 spiro atoms. The summed E-state index contributed by atoms with van der Waals surface area (Å²) in [5.41, 5.74) is 7.60. The van der Waals surface area contributed by atoms with Crippen molar-refractivity contribution in [2.45, 2.75) is 25.4 Å². The van der Waals surface area contributed by atoms with Crippen molar-refractivity contribution in [3.8, 4) is 0 Å². The topological polar surface area (TPSA) is 75.0 Å². The number of anilines is 2. The lowest BCUT2D eigenvalue weighted by atomic mass is 10.1. The molecule has 0 bridgehead atoms. The highest BCUT2D eigenvalue weighted by atomic mass is 16.1.